The number of ether oxygens (including phenoxy) is 2. The van der Waals surface area contributed by atoms with Crippen molar-refractivity contribution in [1.82, 2.24) is 14.7 Å². The van der Waals surface area contributed by atoms with Gasteiger partial charge in [0.1, 0.15) is 23.7 Å². The van der Waals surface area contributed by atoms with Crippen LogP contribution in [0.4, 0.5) is 0 Å². The molecule has 1 saturated heterocycles. The van der Waals surface area contributed by atoms with Crippen molar-refractivity contribution in [2.45, 2.75) is 38.0 Å². The van der Waals surface area contributed by atoms with Crippen molar-refractivity contribution in [2.75, 3.05) is 26.3 Å². The summed E-state index contributed by atoms with van der Waals surface area (Å²) in [5.74, 6) is 1.58. The van der Waals surface area contributed by atoms with E-state index in [0.717, 1.165) is 38.3 Å². The smallest absolute Gasteiger partial charge is 0.120 e. The van der Waals surface area contributed by atoms with E-state index in [-0.39, 0.29) is 6.61 Å². The third-order valence-corrected chi connectivity index (χ3v) is 6.01. The Labute approximate surface area is 194 Å². The van der Waals surface area contributed by atoms with Gasteiger partial charge < -0.3 is 14.6 Å². The van der Waals surface area contributed by atoms with E-state index in [9.17, 15) is 5.11 Å². The van der Waals surface area contributed by atoms with E-state index in [1.165, 1.54) is 5.56 Å². The number of nitrogens with zero attached hydrogens (tertiary/aromatic N) is 3. The first-order chi connectivity index (χ1) is 15.6. The summed E-state index contributed by atoms with van der Waals surface area (Å²) < 4.78 is 13.5. The van der Waals surface area contributed by atoms with Crippen LogP contribution in [-0.4, -0.2) is 51.7 Å². The number of rotatable bonds is 10. The topological polar surface area (TPSA) is 59.8 Å². The van der Waals surface area contributed by atoms with Gasteiger partial charge in [0.05, 0.1) is 6.61 Å². The summed E-state index contributed by atoms with van der Waals surface area (Å²) in [5.41, 5.74) is 0.446. The van der Waals surface area contributed by atoms with E-state index in [0.29, 0.717) is 30.2 Å². The van der Waals surface area contributed by atoms with Gasteiger partial charge >= 0.3 is 0 Å². The Morgan fingerprint density at radius 1 is 1.00 bits per heavy atom. The minimum absolute atomic E-state index is 0.285. The average molecular weight is 456 g/mol. The van der Waals surface area contributed by atoms with Gasteiger partial charge in [-0.2, -0.15) is 5.10 Å². The number of likely N-dealkylation sites (tertiary alicyclic amines) is 1. The lowest BCUT2D eigenvalue weighted by Crippen LogP contribution is -2.47. The second-order valence-corrected chi connectivity index (χ2v) is 8.80. The molecule has 3 aromatic rings. The number of hydrogen-bond acceptors (Lipinski definition) is 5. The molecule has 1 aliphatic heterocycles. The molecule has 0 atom stereocenters. The zero-order valence-corrected chi connectivity index (χ0v) is 19.0. The van der Waals surface area contributed by atoms with Crippen molar-refractivity contribution in [1.29, 1.82) is 0 Å². The maximum Gasteiger partial charge on any atom is 0.120 e. The van der Waals surface area contributed by atoms with Crippen LogP contribution in [0.5, 0.6) is 11.5 Å². The Bertz CT molecular complexity index is 955. The first-order valence-corrected chi connectivity index (χ1v) is 11.5. The SMILES string of the molecule is OC1(COc2cccc(Cl)c2)CCN(Cc2ccc(OCCCn3cccn3)cc2)CC1. The third-order valence-electron chi connectivity index (χ3n) is 5.78. The molecule has 32 heavy (non-hydrogen) atoms. The summed E-state index contributed by atoms with van der Waals surface area (Å²) in [6.07, 6.45) is 6.04. The third kappa shape index (κ3) is 6.73. The first kappa shape index (κ1) is 22.6. The summed E-state index contributed by atoms with van der Waals surface area (Å²) in [6, 6.07) is 17.5. The fourth-order valence-corrected chi connectivity index (χ4v) is 4.03. The normalized spacial score (nSPS) is 16.1. The van der Waals surface area contributed by atoms with Gasteiger partial charge in [0.2, 0.25) is 0 Å². The molecule has 0 bridgehead atoms. The highest BCUT2D eigenvalue weighted by Crippen LogP contribution is 2.26. The summed E-state index contributed by atoms with van der Waals surface area (Å²) in [6.45, 7) is 4.35. The molecule has 7 heteroatoms. The lowest BCUT2D eigenvalue weighted by molar-refractivity contribution is -0.0537. The number of piperidine rings is 1. The van der Waals surface area contributed by atoms with Gasteiger partial charge in [0.15, 0.2) is 0 Å². The number of aromatic nitrogens is 2. The number of halogens is 1. The molecule has 0 radical (unpaired) electrons. The maximum absolute atomic E-state index is 10.9. The molecule has 0 aliphatic carbocycles. The monoisotopic (exact) mass is 455 g/mol. The fraction of sp³-hybridized carbons (Fsp3) is 0.400. The first-order valence-electron chi connectivity index (χ1n) is 11.1. The van der Waals surface area contributed by atoms with Crippen LogP contribution in [0.3, 0.4) is 0 Å². The van der Waals surface area contributed by atoms with E-state index < -0.39 is 5.60 Å². The summed E-state index contributed by atoms with van der Waals surface area (Å²) in [7, 11) is 0. The van der Waals surface area contributed by atoms with Gasteiger partial charge in [0.25, 0.3) is 0 Å². The Hall–Kier alpha value is -2.54. The van der Waals surface area contributed by atoms with Crippen LogP contribution in [-0.2, 0) is 13.1 Å². The molecule has 2 aromatic carbocycles. The van der Waals surface area contributed by atoms with Gasteiger partial charge in [-0.05, 0) is 54.8 Å². The molecule has 1 fully saturated rings. The zero-order chi connectivity index (χ0) is 22.2. The Kier molecular flexibility index (Phi) is 7.68. The Morgan fingerprint density at radius 2 is 1.81 bits per heavy atom. The lowest BCUT2D eigenvalue weighted by Gasteiger charge is -2.38. The summed E-state index contributed by atoms with van der Waals surface area (Å²) >= 11 is 6.00. The standard InChI is InChI=1S/C25H30ClN3O3/c26-22-4-1-5-24(18-22)32-20-25(30)10-15-28(16-11-25)19-21-6-8-23(9-7-21)31-17-3-14-29-13-2-12-27-29/h1-2,4-9,12-13,18,30H,3,10-11,14-17,19-20H2. The van der Waals surface area contributed by atoms with E-state index in [1.54, 1.807) is 12.3 Å². The van der Waals surface area contributed by atoms with Gasteiger partial charge in [-0.25, -0.2) is 0 Å². The molecule has 0 saturated carbocycles. The fourth-order valence-electron chi connectivity index (χ4n) is 3.84. The molecule has 0 unspecified atom stereocenters. The van der Waals surface area contributed by atoms with Crippen molar-refractivity contribution in [2.24, 2.45) is 0 Å². The van der Waals surface area contributed by atoms with Crippen LogP contribution in [0.2, 0.25) is 5.02 Å². The van der Waals surface area contributed by atoms with Gasteiger partial charge in [-0.3, -0.25) is 9.58 Å². The number of aryl methyl sites for hydroxylation is 1. The van der Waals surface area contributed by atoms with Crippen molar-refractivity contribution in [3.05, 3.63) is 77.6 Å². The predicted octanol–water partition coefficient (Wildman–Crippen LogP) is 4.41. The van der Waals surface area contributed by atoms with Crippen molar-refractivity contribution in [3.63, 3.8) is 0 Å². The molecule has 1 aliphatic rings. The second kappa shape index (κ2) is 10.9. The van der Waals surface area contributed by atoms with E-state index in [2.05, 4.69) is 22.1 Å². The maximum atomic E-state index is 10.9. The molecule has 0 amide bonds. The minimum Gasteiger partial charge on any atom is -0.494 e. The van der Waals surface area contributed by atoms with Crippen molar-refractivity contribution >= 4 is 11.6 Å². The van der Waals surface area contributed by atoms with Gasteiger partial charge in [-0.1, -0.05) is 29.8 Å². The molecular formula is C25H30ClN3O3. The van der Waals surface area contributed by atoms with Crippen molar-refractivity contribution in [3.8, 4) is 11.5 Å². The highest BCUT2D eigenvalue weighted by molar-refractivity contribution is 6.30. The summed E-state index contributed by atoms with van der Waals surface area (Å²) in [4.78, 5) is 2.37. The lowest BCUT2D eigenvalue weighted by atomic mass is 9.92. The molecule has 170 valence electrons. The quantitative estimate of drug-likeness (QED) is 0.459. The molecule has 2 heterocycles. The average Bonchev–Trinajstić information content (AvgIpc) is 3.32. The van der Waals surface area contributed by atoms with Crippen LogP contribution in [0, 0.1) is 0 Å². The molecule has 1 N–H and O–H groups in total. The Morgan fingerprint density at radius 3 is 2.53 bits per heavy atom. The van der Waals surface area contributed by atoms with E-state index in [4.69, 9.17) is 21.1 Å². The highest BCUT2D eigenvalue weighted by atomic mass is 35.5. The largest absolute Gasteiger partial charge is 0.494 e. The Balaban J connectivity index is 1.16. The van der Waals surface area contributed by atoms with Crippen LogP contribution in [0.15, 0.2) is 67.0 Å². The zero-order valence-electron chi connectivity index (χ0n) is 18.2. The number of benzene rings is 2. The van der Waals surface area contributed by atoms with E-state index >= 15 is 0 Å². The molecule has 0 spiro atoms. The van der Waals surface area contributed by atoms with Gasteiger partial charge in [-0.15, -0.1) is 0 Å². The minimum atomic E-state index is -0.799. The van der Waals surface area contributed by atoms with Crippen LogP contribution in [0.1, 0.15) is 24.8 Å². The summed E-state index contributed by atoms with van der Waals surface area (Å²) in [5, 5.41) is 15.7. The predicted molar refractivity (Wildman–Crippen MR) is 125 cm³/mol. The second-order valence-electron chi connectivity index (χ2n) is 8.36. The van der Waals surface area contributed by atoms with Crippen LogP contribution >= 0.6 is 11.6 Å². The number of hydrogen-bond donors (Lipinski definition) is 1. The molecule has 4 rings (SSSR count). The van der Waals surface area contributed by atoms with Crippen LogP contribution < -0.4 is 9.47 Å². The molecule has 6 nitrogen and oxygen atoms in total. The van der Waals surface area contributed by atoms with Crippen LogP contribution in [0.25, 0.3) is 0 Å². The molecule has 1 aromatic heterocycles. The number of aliphatic hydroxyl groups is 1. The highest BCUT2D eigenvalue weighted by Gasteiger charge is 2.33. The van der Waals surface area contributed by atoms with Crippen molar-refractivity contribution < 1.29 is 14.6 Å². The molecular weight excluding hydrogens is 426 g/mol. The van der Waals surface area contributed by atoms with E-state index in [1.807, 2.05) is 47.3 Å². The van der Waals surface area contributed by atoms with Gasteiger partial charge in [0, 0.05) is 50.0 Å².